The predicted octanol–water partition coefficient (Wildman–Crippen LogP) is 4.67. The molecule has 7 heteroatoms. The van der Waals surface area contributed by atoms with E-state index < -0.39 is 10.0 Å². The Balaban J connectivity index is 1.44. The molecule has 0 aromatic heterocycles. The van der Waals surface area contributed by atoms with Crippen molar-refractivity contribution in [2.75, 3.05) is 4.72 Å². The van der Waals surface area contributed by atoms with E-state index in [1.807, 2.05) is 18.2 Å². The lowest BCUT2D eigenvalue weighted by molar-refractivity contribution is 0.0936. The Hall–Kier alpha value is -2.64. The largest absolute Gasteiger partial charge is 0.345 e. The van der Waals surface area contributed by atoms with E-state index in [0.29, 0.717) is 11.3 Å². The number of sulfonamides is 1. The van der Waals surface area contributed by atoms with Crippen molar-refractivity contribution >= 4 is 37.5 Å². The quantitative estimate of drug-likeness (QED) is 0.568. The summed E-state index contributed by atoms with van der Waals surface area (Å²) in [5, 5.41) is 3.07. The molecule has 148 valence electrons. The Morgan fingerprint density at radius 3 is 2.34 bits per heavy atom. The van der Waals surface area contributed by atoms with E-state index in [1.165, 1.54) is 23.3 Å². The van der Waals surface area contributed by atoms with Crippen molar-refractivity contribution in [3.05, 3.63) is 94.0 Å². The zero-order valence-electron chi connectivity index (χ0n) is 15.4. The van der Waals surface area contributed by atoms with Gasteiger partial charge in [0.1, 0.15) is 0 Å². The molecule has 0 radical (unpaired) electrons. The van der Waals surface area contributed by atoms with Crippen molar-refractivity contribution < 1.29 is 13.2 Å². The first kappa shape index (κ1) is 19.7. The normalized spacial score (nSPS) is 15.6. The van der Waals surface area contributed by atoms with Crippen LogP contribution in [-0.4, -0.2) is 14.3 Å². The van der Waals surface area contributed by atoms with Gasteiger partial charge in [0.2, 0.25) is 0 Å². The third-order valence-corrected chi connectivity index (χ3v) is 6.89. The molecule has 0 saturated heterocycles. The maximum Gasteiger partial charge on any atom is 0.261 e. The van der Waals surface area contributed by atoms with E-state index in [9.17, 15) is 13.2 Å². The molecule has 0 heterocycles. The van der Waals surface area contributed by atoms with Crippen molar-refractivity contribution in [1.29, 1.82) is 0 Å². The molecule has 1 aliphatic rings. The van der Waals surface area contributed by atoms with Gasteiger partial charge < -0.3 is 5.32 Å². The van der Waals surface area contributed by atoms with Crippen molar-refractivity contribution in [2.24, 2.45) is 0 Å². The topological polar surface area (TPSA) is 75.3 Å². The Labute approximate surface area is 178 Å². The molecule has 29 heavy (non-hydrogen) atoms. The molecule has 0 spiro atoms. The van der Waals surface area contributed by atoms with Crippen LogP contribution >= 0.6 is 15.9 Å². The van der Waals surface area contributed by atoms with Crippen LogP contribution in [-0.2, 0) is 16.4 Å². The summed E-state index contributed by atoms with van der Waals surface area (Å²) in [6.45, 7) is 0. The van der Waals surface area contributed by atoms with Gasteiger partial charge in [-0.05, 0) is 72.5 Å². The minimum absolute atomic E-state index is 0.00860. The second-order valence-corrected chi connectivity index (χ2v) is 9.50. The first-order chi connectivity index (χ1) is 13.9. The number of hydrogen-bond acceptors (Lipinski definition) is 3. The summed E-state index contributed by atoms with van der Waals surface area (Å²) in [7, 11) is -3.69. The summed E-state index contributed by atoms with van der Waals surface area (Å²) in [6, 6.07) is 20.9. The van der Waals surface area contributed by atoms with Gasteiger partial charge in [0.05, 0.1) is 10.9 Å². The molecule has 3 aromatic rings. The summed E-state index contributed by atoms with van der Waals surface area (Å²) in [5.74, 6) is -0.172. The first-order valence-electron chi connectivity index (χ1n) is 9.19. The fourth-order valence-electron chi connectivity index (χ4n) is 3.47. The third kappa shape index (κ3) is 4.36. The average Bonchev–Trinajstić information content (AvgIpc) is 3.11. The predicted molar refractivity (Wildman–Crippen MR) is 116 cm³/mol. The van der Waals surface area contributed by atoms with Gasteiger partial charge in [-0.15, -0.1) is 0 Å². The molecular weight excluding hydrogens is 452 g/mol. The SMILES string of the molecule is O=C(NC1CCc2ccccc21)c1ccc(NS(=O)(=O)c2ccc(Br)cc2)cc1. The monoisotopic (exact) mass is 470 g/mol. The molecule has 2 N–H and O–H groups in total. The number of nitrogens with one attached hydrogen (secondary N) is 2. The van der Waals surface area contributed by atoms with Gasteiger partial charge in [0, 0.05) is 15.7 Å². The Morgan fingerprint density at radius 2 is 1.62 bits per heavy atom. The number of fused-ring (bicyclic) bond motifs is 1. The number of aryl methyl sites for hydroxylation is 1. The van der Waals surface area contributed by atoms with E-state index in [4.69, 9.17) is 0 Å². The van der Waals surface area contributed by atoms with Crippen LogP contribution in [0.5, 0.6) is 0 Å². The van der Waals surface area contributed by atoms with Gasteiger partial charge in [0.15, 0.2) is 0 Å². The highest BCUT2D eigenvalue weighted by atomic mass is 79.9. The third-order valence-electron chi connectivity index (χ3n) is 4.96. The molecule has 0 saturated carbocycles. The van der Waals surface area contributed by atoms with E-state index in [-0.39, 0.29) is 16.8 Å². The summed E-state index contributed by atoms with van der Waals surface area (Å²) in [6.07, 6.45) is 1.84. The van der Waals surface area contributed by atoms with Crippen LogP contribution in [0.2, 0.25) is 0 Å². The molecule has 5 nitrogen and oxygen atoms in total. The van der Waals surface area contributed by atoms with E-state index in [0.717, 1.165) is 17.3 Å². The van der Waals surface area contributed by atoms with Crippen molar-refractivity contribution in [2.45, 2.75) is 23.8 Å². The second-order valence-electron chi connectivity index (χ2n) is 6.90. The fraction of sp³-hybridized carbons (Fsp3) is 0.136. The summed E-state index contributed by atoms with van der Waals surface area (Å²) >= 11 is 3.29. The highest BCUT2D eigenvalue weighted by Gasteiger charge is 2.23. The lowest BCUT2D eigenvalue weighted by Gasteiger charge is -2.14. The number of halogens is 1. The highest BCUT2D eigenvalue weighted by Crippen LogP contribution is 2.31. The van der Waals surface area contributed by atoms with Crippen LogP contribution in [0.1, 0.15) is 33.9 Å². The van der Waals surface area contributed by atoms with Crippen molar-refractivity contribution in [3.63, 3.8) is 0 Å². The highest BCUT2D eigenvalue weighted by molar-refractivity contribution is 9.10. The molecule has 1 aliphatic carbocycles. The van der Waals surface area contributed by atoms with Crippen LogP contribution < -0.4 is 10.0 Å². The summed E-state index contributed by atoms with van der Waals surface area (Å²) < 4.78 is 28.3. The number of benzene rings is 3. The van der Waals surface area contributed by atoms with Gasteiger partial charge >= 0.3 is 0 Å². The molecule has 0 fully saturated rings. The molecular formula is C22H19BrN2O3S. The average molecular weight is 471 g/mol. The van der Waals surface area contributed by atoms with Crippen LogP contribution in [0.3, 0.4) is 0 Å². The Morgan fingerprint density at radius 1 is 0.931 bits per heavy atom. The fourth-order valence-corrected chi connectivity index (χ4v) is 4.79. The molecule has 3 aromatic carbocycles. The van der Waals surface area contributed by atoms with E-state index in [1.54, 1.807) is 36.4 Å². The second kappa shape index (κ2) is 8.00. The molecule has 0 bridgehead atoms. The maximum atomic E-state index is 12.6. The molecule has 1 unspecified atom stereocenters. The van der Waals surface area contributed by atoms with Crippen LogP contribution in [0, 0.1) is 0 Å². The van der Waals surface area contributed by atoms with Gasteiger partial charge in [-0.3, -0.25) is 9.52 Å². The van der Waals surface area contributed by atoms with E-state index in [2.05, 4.69) is 32.0 Å². The summed E-state index contributed by atoms with van der Waals surface area (Å²) in [4.78, 5) is 12.8. The van der Waals surface area contributed by atoms with Crippen molar-refractivity contribution in [3.8, 4) is 0 Å². The van der Waals surface area contributed by atoms with Crippen LogP contribution in [0.25, 0.3) is 0 Å². The zero-order chi connectivity index (χ0) is 20.4. The number of anilines is 1. The van der Waals surface area contributed by atoms with Crippen LogP contribution in [0.4, 0.5) is 5.69 Å². The Kier molecular flexibility index (Phi) is 5.43. The number of amides is 1. The van der Waals surface area contributed by atoms with Gasteiger partial charge in [-0.2, -0.15) is 0 Å². The Bertz CT molecular complexity index is 1140. The first-order valence-corrected chi connectivity index (χ1v) is 11.5. The van der Waals surface area contributed by atoms with Gasteiger partial charge in [0.25, 0.3) is 15.9 Å². The molecule has 4 rings (SSSR count). The molecule has 1 amide bonds. The number of hydrogen-bond donors (Lipinski definition) is 2. The minimum atomic E-state index is -3.69. The lowest BCUT2D eigenvalue weighted by atomic mass is 10.1. The number of carbonyl (C=O) groups is 1. The number of rotatable bonds is 5. The van der Waals surface area contributed by atoms with Crippen LogP contribution in [0.15, 0.2) is 82.2 Å². The number of carbonyl (C=O) groups excluding carboxylic acids is 1. The minimum Gasteiger partial charge on any atom is -0.345 e. The lowest BCUT2D eigenvalue weighted by Crippen LogP contribution is -2.27. The van der Waals surface area contributed by atoms with Gasteiger partial charge in [-0.25, -0.2) is 8.42 Å². The van der Waals surface area contributed by atoms with Crippen molar-refractivity contribution in [1.82, 2.24) is 5.32 Å². The molecule has 1 atom stereocenters. The molecule has 0 aliphatic heterocycles. The zero-order valence-corrected chi connectivity index (χ0v) is 17.8. The maximum absolute atomic E-state index is 12.6. The van der Waals surface area contributed by atoms with E-state index >= 15 is 0 Å². The smallest absolute Gasteiger partial charge is 0.261 e. The van der Waals surface area contributed by atoms with Gasteiger partial charge in [-0.1, -0.05) is 40.2 Å². The standard InChI is InChI=1S/C22H19BrN2O3S/c23-17-8-12-19(13-9-17)29(27,28)25-18-10-5-16(6-11-18)22(26)24-21-14-7-15-3-1-2-4-20(15)21/h1-6,8-13,21,25H,7,14H2,(H,24,26). The summed E-state index contributed by atoms with van der Waals surface area (Å²) in [5.41, 5.74) is 3.33.